The lowest BCUT2D eigenvalue weighted by Gasteiger charge is -2.44. The summed E-state index contributed by atoms with van der Waals surface area (Å²) in [5.41, 5.74) is 4.87. The van der Waals surface area contributed by atoms with E-state index in [0.29, 0.717) is 24.8 Å². The molecule has 0 aromatic carbocycles. The molecular formula is C11H20ClN5O2. The molecule has 1 fully saturated rings. The van der Waals surface area contributed by atoms with Gasteiger partial charge in [0.05, 0.1) is 18.6 Å². The van der Waals surface area contributed by atoms with Crippen LogP contribution in [0.4, 0.5) is 0 Å². The number of halogens is 1. The largest absolute Gasteiger partial charge is 0.343 e. The third-order valence-electron chi connectivity index (χ3n) is 3.38. The van der Waals surface area contributed by atoms with Crippen LogP contribution in [0.1, 0.15) is 25.6 Å². The fourth-order valence-electron chi connectivity index (χ4n) is 2.14. The van der Waals surface area contributed by atoms with Gasteiger partial charge < -0.3 is 15.2 Å². The second-order valence-electron chi connectivity index (χ2n) is 5.02. The van der Waals surface area contributed by atoms with Crippen LogP contribution >= 0.6 is 12.4 Å². The number of hydrogen-bond acceptors (Lipinski definition) is 6. The Morgan fingerprint density at radius 3 is 2.68 bits per heavy atom. The highest BCUT2D eigenvalue weighted by Gasteiger charge is 2.40. The number of piperazine rings is 1. The van der Waals surface area contributed by atoms with Gasteiger partial charge in [-0.25, -0.2) is 0 Å². The van der Waals surface area contributed by atoms with Gasteiger partial charge in [0.2, 0.25) is 11.8 Å². The van der Waals surface area contributed by atoms with E-state index in [0.717, 1.165) is 6.54 Å². The molecule has 2 N–H and O–H groups in total. The van der Waals surface area contributed by atoms with E-state index in [4.69, 9.17) is 10.3 Å². The first-order valence-electron chi connectivity index (χ1n) is 5.97. The minimum atomic E-state index is -0.545. The van der Waals surface area contributed by atoms with Gasteiger partial charge in [-0.05, 0) is 13.8 Å². The van der Waals surface area contributed by atoms with Gasteiger partial charge in [0, 0.05) is 20.1 Å². The summed E-state index contributed by atoms with van der Waals surface area (Å²) in [4.78, 5) is 20.1. The number of carbonyl (C=O) groups excluding carboxylic acids is 1. The number of nitrogens with zero attached hydrogens (tertiary/aromatic N) is 4. The number of likely N-dealkylation sites (N-methyl/N-ethyl adjacent to an activating group) is 1. The summed E-state index contributed by atoms with van der Waals surface area (Å²) < 4.78 is 4.96. The van der Waals surface area contributed by atoms with Crippen LogP contribution in [-0.2, 0) is 17.9 Å². The fourth-order valence-corrected chi connectivity index (χ4v) is 2.14. The lowest BCUT2D eigenvalue weighted by Crippen LogP contribution is -2.61. The predicted molar refractivity (Wildman–Crippen MR) is 71.6 cm³/mol. The molecule has 1 saturated heterocycles. The Hall–Kier alpha value is -1.18. The Balaban J connectivity index is 0.00000180. The minimum absolute atomic E-state index is 0. The first-order valence-corrected chi connectivity index (χ1v) is 5.97. The number of nitrogens with two attached hydrogens (primary N) is 1. The number of aromatic nitrogens is 2. The summed E-state index contributed by atoms with van der Waals surface area (Å²) in [6.45, 7) is 6.06. The average molecular weight is 290 g/mol. The Bertz CT molecular complexity index is 448. The highest BCUT2D eigenvalue weighted by molar-refractivity contribution is 5.86. The molecule has 7 nitrogen and oxygen atoms in total. The Morgan fingerprint density at radius 1 is 1.42 bits per heavy atom. The zero-order chi connectivity index (χ0) is 13.3. The molecule has 1 aromatic rings. The molecule has 0 radical (unpaired) electrons. The first-order chi connectivity index (χ1) is 8.45. The SMILES string of the molecule is CN1CCN(Cc2noc(CN)n2)C(C)(C)C1=O.Cl. The van der Waals surface area contributed by atoms with Gasteiger partial charge in [-0.3, -0.25) is 9.69 Å². The van der Waals surface area contributed by atoms with Crippen LogP contribution in [-0.4, -0.2) is 51.5 Å². The molecule has 1 aliphatic rings. The van der Waals surface area contributed by atoms with Gasteiger partial charge >= 0.3 is 0 Å². The van der Waals surface area contributed by atoms with Crippen LogP contribution < -0.4 is 5.73 Å². The molecule has 0 spiro atoms. The molecule has 2 heterocycles. The summed E-state index contributed by atoms with van der Waals surface area (Å²) in [5.74, 6) is 1.10. The summed E-state index contributed by atoms with van der Waals surface area (Å²) in [6.07, 6.45) is 0. The second-order valence-corrected chi connectivity index (χ2v) is 5.02. The van der Waals surface area contributed by atoms with E-state index in [1.54, 1.807) is 4.90 Å². The van der Waals surface area contributed by atoms with Crippen molar-refractivity contribution in [1.29, 1.82) is 0 Å². The van der Waals surface area contributed by atoms with Crippen molar-refractivity contribution in [2.75, 3.05) is 20.1 Å². The molecule has 0 bridgehead atoms. The van der Waals surface area contributed by atoms with E-state index < -0.39 is 5.54 Å². The van der Waals surface area contributed by atoms with Crippen LogP contribution in [0.2, 0.25) is 0 Å². The molecule has 0 saturated carbocycles. The molecule has 108 valence electrons. The quantitative estimate of drug-likeness (QED) is 0.843. The van der Waals surface area contributed by atoms with Crippen molar-refractivity contribution in [3.05, 3.63) is 11.7 Å². The van der Waals surface area contributed by atoms with E-state index >= 15 is 0 Å². The molecule has 0 atom stereocenters. The van der Waals surface area contributed by atoms with Crippen LogP contribution in [0.5, 0.6) is 0 Å². The third kappa shape index (κ3) is 3.05. The Morgan fingerprint density at radius 2 is 2.11 bits per heavy atom. The lowest BCUT2D eigenvalue weighted by atomic mass is 9.98. The van der Waals surface area contributed by atoms with Crippen molar-refractivity contribution in [1.82, 2.24) is 19.9 Å². The number of amides is 1. The fraction of sp³-hybridized carbons (Fsp3) is 0.727. The zero-order valence-electron chi connectivity index (χ0n) is 11.4. The summed E-state index contributed by atoms with van der Waals surface area (Å²) in [5, 5.41) is 3.86. The van der Waals surface area contributed by atoms with Crippen LogP contribution in [0.15, 0.2) is 4.52 Å². The van der Waals surface area contributed by atoms with Crippen molar-refractivity contribution >= 4 is 18.3 Å². The van der Waals surface area contributed by atoms with E-state index in [-0.39, 0.29) is 24.9 Å². The second kappa shape index (κ2) is 5.85. The molecular weight excluding hydrogens is 270 g/mol. The average Bonchev–Trinajstić information content (AvgIpc) is 2.78. The highest BCUT2D eigenvalue weighted by Crippen LogP contribution is 2.23. The Kier molecular flexibility index (Phi) is 4.89. The molecule has 19 heavy (non-hydrogen) atoms. The van der Waals surface area contributed by atoms with Crippen molar-refractivity contribution in [2.24, 2.45) is 5.73 Å². The standard InChI is InChI=1S/C11H19N5O2.ClH/c1-11(2)10(17)15(3)4-5-16(11)7-8-13-9(6-12)18-14-8;/h4-7,12H2,1-3H3;1H. The molecule has 0 unspecified atom stereocenters. The van der Waals surface area contributed by atoms with Crippen molar-refractivity contribution in [3.8, 4) is 0 Å². The molecule has 0 aliphatic carbocycles. The topological polar surface area (TPSA) is 88.5 Å². The first kappa shape index (κ1) is 15.9. The molecule has 8 heteroatoms. The molecule has 1 amide bonds. The number of rotatable bonds is 3. The van der Waals surface area contributed by atoms with Gasteiger partial charge in [-0.15, -0.1) is 12.4 Å². The van der Waals surface area contributed by atoms with Gasteiger partial charge in [0.25, 0.3) is 0 Å². The van der Waals surface area contributed by atoms with E-state index in [9.17, 15) is 4.79 Å². The smallest absolute Gasteiger partial charge is 0.242 e. The van der Waals surface area contributed by atoms with E-state index in [1.165, 1.54) is 0 Å². The number of hydrogen-bond donors (Lipinski definition) is 1. The van der Waals surface area contributed by atoms with Crippen molar-refractivity contribution < 1.29 is 9.32 Å². The zero-order valence-corrected chi connectivity index (χ0v) is 12.2. The molecule has 2 rings (SSSR count). The lowest BCUT2D eigenvalue weighted by molar-refractivity contribution is -0.147. The maximum atomic E-state index is 12.1. The van der Waals surface area contributed by atoms with Crippen molar-refractivity contribution in [2.45, 2.75) is 32.5 Å². The number of carbonyl (C=O) groups is 1. The van der Waals surface area contributed by atoms with Crippen LogP contribution in [0.25, 0.3) is 0 Å². The van der Waals surface area contributed by atoms with Crippen LogP contribution in [0, 0.1) is 0 Å². The predicted octanol–water partition coefficient (Wildman–Crippen LogP) is 0.00270. The van der Waals surface area contributed by atoms with Gasteiger partial charge in [0.15, 0.2) is 5.82 Å². The van der Waals surface area contributed by atoms with Crippen molar-refractivity contribution in [3.63, 3.8) is 0 Å². The highest BCUT2D eigenvalue weighted by atomic mass is 35.5. The Labute approximate surface area is 118 Å². The van der Waals surface area contributed by atoms with Crippen LogP contribution in [0.3, 0.4) is 0 Å². The maximum Gasteiger partial charge on any atom is 0.242 e. The maximum absolute atomic E-state index is 12.1. The summed E-state index contributed by atoms with van der Waals surface area (Å²) >= 11 is 0. The summed E-state index contributed by atoms with van der Waals surface area (Å²) in [6, 6.07) is 0. The molecule has 1 aromatic heterocycles. The normalized spacial score (nSPS) is 19.4. The molecule has 1 aliphatic heterocycles. The third-order valence-corrected chi connectivity index (χ3v) is 3.38. The minimum Gasteiger partial charge on any atom is -0.343 e. The van der Waals surface area contributed by atoms with Gasteiger partial charge in [0.1, 0.15) is 0 Å². The summed E-state index contributed by atoms with van der Waals surface area (Å²) in [7, 11) is 1.82. The monoisotopic (exact) mass is 289 g/mol. The van der Waals surface area contributed by atoms with Gasteiger partial charge in [-0.2, -0.15) is 4.98 Å². The van der Waals surface area contributed by atoms with Gasteiger partial charge in [-0.1, -0.05) is 5.16 Å². The van der Waals surface area contributed by atoms with E-state index in [2.05, 4.69) is 15.0 Å². The van der Waals surface area contributed by atoms with E-state index in [1.807, 2.05) is 20.9 Å².